The first-order valence-corrected chi connectivity index (χ1v) is 7.68. The molecule has 0 saturated heterocycles. The number of carbonyl (C=O) groups is 1. The van der Waals surface area contributed by atoms with Crippen molar-refractivity contribution < 1.29 is 18.0 Å². The minimum absolute atomic E-state index is 0.179. The van der Waals surface area contributed by atoms with Crippen molar-refractivity contribution in [1.82, 2.24) is 9.38 Å². The molecular weight excluding hydrogens is 387 g/mol. The minimum atomic E-state index is -1.64. The molecule has 0 aliphatic heterocycles. The Bertz CT molecular complexity index is 985. The van der Waals surface area contributed by atoms with Crippen LogP contribution in [0.2, 0.25) is 0 Å². The number of nitrogens with zero attached hydrogens (tertiary/aromatic N) is 2. The second-order valence-corrected chi connectivity index (χ2v) is 6.14. The number of anilines is 1. The summed E-state index contributed by atoms with van der Waals surface area (Å²) in [4.78, 5) is 16.8. The van der Waals surface area contributed by atoms with Crippen LogP contribution >= 0.6 is 15.9 Å². The van der Waals surface area contributed by atoms with Crippen molar-refractivity contribution in [3.63, 3.8) is 0 Å². The summed E-state index contributed by atoms with van der Waals surface area (Å²) in [7, 11) is 0. The quantitative estimate of drug-likeness (QED) is 0.652. The van der Waals surface area contributed by atoms with E-state index in [2.05, 4.69) is 26.2 Å². The van der Waals surface area contributed by atoms with Crippen LogP contribution in [0.3, 0.4) is 0 Å². The number of aromatic nitrogens is 2. The first-order valence-electron chi connectivity index (χ1n) is 6.89. The van der Waals surface area contributed by atoms with Gasteiger partial charge in [-0.25, -0.2) is 18.2 Å². The average Bonchev–Trinajstić information content (AvgIpc) is 2.84. The first kappa shape index (κ1) is 16.5. The molecule has 3 aromatic rings. The van der Waals surface area contributed by atoms with Gasteiger partial charge < -0.3 is 5.32 Å². The number of pyridine rings is 1. The Hall–Kier alpha value is -2.35. The SMILES string of the molecule is Cc1cc(Br)c2nc(C)c(C(=O)Nc3ccc(F)c(F)c3F)n2c1. The smallest absolute Gasteiger partial charge is 0.274 e. The van der Waals surface area contributed by atoms with Crippen LogP contribution in [0.4, 0.5) is 18.9 Å². The molecule has 0 fully saturated rings. The molecule has 0 aliphatic carbocycles. The number of aryl methyl sites for hydroxylation is 2. The molecule has 2 aromatic heterocycles. The molecule has 0 saturated carbocycles. The molecule has 124 valence electrons. The van der Waals surface area contributed by atoms with E-state index in [0.717, 1.165) is 17.7 Å². The van der Waals surface area contributed by atoms with Gasteiger partial charge >= 0.3 is 0 Å². The summed E-state index contributed by atoms with van der Waals surface area (Å²) in [5, 5.41) is 2.26. The molecular formula is C16H11BrF3N3O. The summed E-state index contributed by atoms with van der Waals surface area (Å²) in [5.41, 5.74) is 1.55. The van der Waals surface area contributed by atoms with Gasteiger partial charge in [0.05, 0.1) is 15.9 Å². The summed E-state index contributed by atoms with van der Waals surface area (Å²) in [6.45, 7) is 3.47. The zero-order chi connectivity index (χ0) is 17.6. The van der Waals surface area contributed by atoms with Gasteiger partial charge in [-0.3, -0.25) is 9.20 Å². The number of hydrogen-bond acceptors (Lipinski definition) is 2. The van der Waals surface area contributed by atoms with E-state index in [9.17, 15) is 18.0 Å². The van der Waals surface area contributed by atoms with Gasteiger partial charge in [0.25, 0.3) is 5.91 Å². The topological polar surface area (TPSA) is 46.4 Å². The number of benzene rings is 1. The van der Waals surface area contributed by atoms with E-state index in [-0.39, 0.29) is 5.69 Å². The first-order chi connectivity index (χ1) is 11.3. The normalized spacial score (nSPS) is 11.1. The van der Waals surface area contributed by atoms with Gasteiger partial charge in [-0.1, -0.05) is 0 Å². The molecule has 0 radical (unpaired) electrons. The standard InChI is InChI=1S/C16H11BrF3N3O/c1-7-5-9(17)15-21-8(2)14(23(15)6-7)16(24)22-11-4-3-10(18)12(19)13(11)20/h3-6H,1-2H3,(H,22,24). The van der Waals surface area contributed by atoms with Crippen molar-refractivity contribution in [1.29, 1.82) is 0 Å². The Morgan fingerprint density at radius 3 is 2.62 bits per heavy atom. The van der Waals surface area contributed by atoms with Crippen LogP contribution in [0.15, 0.2) is 28.9 Å². The zero-order valence-electron chi connectivity index (χ0n) is 12.6. The summed E-state index contributed by atoms with van der Waals surface area (Å²) < 4.78 is 42.3. The molecule has 0 bridgehead atoms. The van der Waals surface area contributed by atoms with Gasteiger partial charge in [0.1, 0.15) is 5.69 Å². The largest absolute Gasteiger partial charge is 0.318 e. The number of amides is 1. The number of carbonyl (C=O) groups excluding carboxylic acids is 1. The van der Waals surface area contributed by atoms with E-state index >= 15 is 0 Å². The van der Waals surface area contributed by atoms with Crippen molar-refractivity contribution in [3.05, 3.63) is 63.3 Å². The van der Waals surface area contributed by atoms with E-state index < -0.39 is 29.0 Å². The Morgan fingerprint density at radius 2 is 1.92 bits per heavy atom. The van der Waals surface area contributed by atoms with Crippen molar-refractivity contribution >= 4 is 33.2 Å². The maximum absolute atomic E-state index is 13.7. The van der Waals surface area contributed by atoms with E-state index in [0.29, 0.717) is 15.8 Å². The number of halogens is 4. The van der Waals surface area contributed by atoms with Crippen LogP contribution in [0.25, 0.3) is 5.65 Å². The lowest BCUT2D eigenvalue weighted by Gasteiger charge is -2.08. The van der Waals surface area contributed by atoms with Crippen LogP contribution in [0, 0.1) is 31.3 Å². The lowest BCUT2D eigenvalue weighted by Crippen LogP contribution is -2.17. The van der Waals surface area contributed by atoms with E-state index in [4.69, 9.17) is 0 Å². The van der Waals surface area contributed by atoms with Crippen molar-refractivity contribution in [2.24, 2.45) is 0 Å². The Labute approximate surface area is 143 Å². The highest BCUT2D eigenvalue weighted by molar-refractivity contribution is 9.10. The predicted molar refractivity (Wildman–Crippen MR) is 86.6 cm³/mol. The molecule has 3 rings (SSSR count). The number of hydrogen-bond donors (Lipinski definition) is 1. The number of rotatable bonds is 2. The molecule has 0 unspecified atom stereocenters. The van der Waals surface area contributed by atoms with E-state index in [1.165, 1.54) is 0 Å². The second-order valence-electron chi connectivity index (χ2n) is 5.28. The molecule has 1 amide bonds. The van der Waals surface area contributed by atoms with Crippen molar-refractivity contribution in [2.75, 3.05) is 5.32 Å². The van der Waals surface area contributed by atoms with Gasteiger partial charge in [0.2, 0.25) is 0 Å². The Balaban J connectivity index is 2.07. The molecule has 2 heterocycles. The van der Waals surface area contributed by atoms with Gasteiger partial charge in [-0.05, 0) is 53.5 Å². The van der Waals surface area contributed by atoms with Gasteiger partial charge in [0.15, 0.2) is 23.1 Å². The summed E-state index contributed by atoms with van der Waals surface area (Å²) in [6, 6.07) is 3.56. The van der Waals surface area contributed by atoms with Crippen molar-refractivity contribution in [3.8, 4) is 0 Å². The van der Waals surface area contributed by atoms with Crippen LogP contribution in [-0.2, 0) is 0 Å². The highest BCUT2D eigenvalue weighted by Gasteiger charge is 2.21. The van der Waals surface area contributed by atoms with Gasteiger partial charge in [0, 0.05) is 6.20 Å². The van der Waals surface area contributed by atoms with Crippen LogP contribution in [-0.4, -0.2) is 15.3 Å². The fourth-order valence-electron chi connectivity index (χ4n) is 2.42. The molecule has 4 nitrogen and oxygen atoms in total. The summed E-state index contributed by atoms with van der Waals surface area (Å²) >= 11 is 3.37. The monoisotopic (exact) mass is 397 g/mol. The summed E-state index contributed by atoms with van der Waals surface area (Å²) in [5.74, 6) is -5.09. The fraction of sp³-hybridized carbons (Fsp3) is 0.125. The second kappa shape index (κ2) is 5.94. The summed E-state index contributed by atoms with van der Waals surface area (Å²) in [6.07, 6.45) is 1.70. The highest BCUT2D eigenvalue weighted by atomic mass is 79.9. The maximum atomic E-state index is 13.7. The number of fused-ring (bicyclic) bond motifs is 1. The molecule has 0 aliphatic rings. The Morgan fingerprint density at radius 1 is 1.21 bits per heavy atom. The van der Waals surface area contributed by atoms with Gasteiger partial charge in [-0.2, -0.15) is 0 Å². The van der Waals surface area contributed by atoms with Crippen LogP contribution < -0.4 is 5.32 Å². The molecule has 1 N–H and O–H groups in total. The third kappa shape index (κ3) is 2.66. The van der Waals surface area contributed by atoms with Crippen LogP contribution in [0.5, 0.6) is 0 Å². The number of imidazole rings is 1. The molecule has 0 spiro atoms. The highest BCUT2D eigenvalue weighted by Crippen LogP contribution is 2.24. The molecule has 8 heteroatoms. The maximum Gasteiger partial charge on any atom is 0.274 e. The van der Waals surface area contributed by atoms with Crippen LogP contribution in [0.1, 0.15) is 21.7 Å². The molecule has 1 aromatic carbocycles. The van der Waals surface area contributed by atoms with E-state index in [1.54, 1.807) is 17.5 Å². The predicted octanol–water partition coefficient (Wildman–Crippen LogP) is 4.38. The molecule has 24 heavy (non-hydrogen) atoms. The third-order valence-electron chi connectivity index (χ3n) is 3.48. The Kier molecular flexibility index (Phi) is 4.08. The fourth-order valence-corrected chi connectivity index (χ4v) is 3.06. The zero-order valence-corrected chi connectivity index (χ0v) is 14.2. The average molecular weight is 398 g/mol. The van der Waals surface area contributed by atoms with Gasteiger partial charge in [-0.15, -0.1) is 0 Å². The third-order valence-corrected chi connectivity index (χ3v) is 4.07. The van der Waals surface area contributed by atoms with E-state index in [1.807, 2.05) is 13.0 Å². The lowest BCUT2D eigenvalue weighted by atomic mass is 10.2. The number of nitrogens with one attached hydrogen (secondary N) is 1. The lowest BCUT2D eigenvalue weighted by molar-refractivity contribution is 0.102. The van der Waals surface area contributed by atoms with Crippen molar-refractivity contribution in [2.45, 2.75) is 13.8 Å². The molecule has 0 atom stereocenters. The minimum Gasteiger partial charge on any atom is -0.318 e.